The van der Waals surface area contributed by atoms with E-state index in [0.717, 1.165) is 0 Å². The second kappa shape index (κ2) is 12.1. The van der Waals surface area contributed by atoms with E-state index in [-0.39, 0.29) is 37.7 Å². The van der Waals surface area contributed by atoms with Gasteiger partial charge in [0.15, 0.2) is 0 Å². The van der Waals surface area contributed by atoms with E-state index in [0.29, 0.717) is 0 Å². The number of carboxylic acids is 4. The van der Waals surface area contributed by atoms with E-state index in [2.05, 4.69) is 0 Å². The third kappa shape index (κ3) is 17.1. The molecule has 0 saturated heterocycles. The van der Waals surface area contributed by atoms with Crippen molar-refractivity contribution in [3.63, 3.8) is 0 Å². The van der Waals surface area contributed by atoms with E-state index in [9.17, 15) is 29.4 Å². The van der Waals surface area contributed by atoms with Gasteiger partial charge in [-0.15, -0.1) is 0 Å². The second-order valence-electron chi connectivity index (χ2n) is 3.05. The molecule has 0 aliphatic rings. The van der Waals surface area contributed by atoms with Gasteiger partial charge in [-0.2, -0.15) is 0 Å². The molecule has 0 aromatic carbocycles. The van der Waals surface area contributed by atoms with Crippen LogP contribution in [-0.2, 0) is 19.2 Å². The molecule has 0 amide bonds. The first kappa shape index (κ1) is 23.2. The fourth-order valence-corrected chi connectivity index (χ4v) is 0.543. The van der Waals surface area contributed by atoms with Crippen LogP contribution < -0.4 is 21.7 Å². The Morgan fingerprint density at radius 3 is 1.11 bits per heavy atom. The summed E-state index contributed by atoms with van der Waals surface area (Å²) in [6, 6.07) is -2.80. The van der Waals surface area contributed by atoms with Crippen LogP contribution in [0.2, 0.25) is 0 Å². The summed E-state index contributed by atoms with van der Waals surface area (Å²) in [4.78, 5) is 39.0. The molecule has 0 saturated carbocycles. The van der Waals surface area contributed by atoms with Gasteiger partial charge in [-0.25, -0.2) is 0 Å². The van der Waals surface area contributed by atoms with Crippen LogP contribution in [0.15, 0.2) is 0 Å². The molecular weight excluding hydrogens is 292 g/mol. The minimum Gasteiger partial charge on any atom is -0.548 e. The van der Waals surface area contributed by atoms with E-state index < -0.39 is 48.8 Å². The third-order valence-corrected chi connectivity index (χ3v) is 1.39. The zero-order chi connectivity index (χ0) is 14.9. The number of hydrogen-bond donors (Lipinski definition) is 4. The van der Waals surface area contributed by atoms with Crippen LogP contribution in [0.1, 0.15) is 12.8 Å². The molecule has 0 aromatic heterocycles. The molecule has 0 radical (unpaired) electrons. The van der Waals surface area contributed by atoms with Crippen molar-refractivity contribution < 1.29 is 39.6 Å². The van der Waals surface area contributed by atoms with Crippen molar-refractivity contribution in [2.24, 2.45) is 11.5 Å². The van der Waals surface area contributed by atoms with Crippen LogP contribution in [0.25, 0.3) is 0 Å². The first-order valence-corrected chi connectivity index (χ1v) is 4.44. The van der Waals surface area contributed by atoms with Gasteiger partial charge in [0.1, 0.15) is 0 Å². The second-order valence-corrected chi connectivity index (χ2v) is 3.05. The number of hydrogen-bond acceptors (Lipinski definition) is 8. The molecule has 104 valence electrons. The van der Waals surface area contributed by atoms with Gasteiger partial charge in [0.05, 0.1) is 36.9 Å². The average Bonchev–Trinajstić information content (AvgIpc) is 2.16. The summed E-state index contributed by atoms with van der Waals surface area (Å²) in [5, 5.41) is 35.4. The molecule has 6 N–H and O–H groups in total. The molecule has 0 aliphatic heterocycles. The monoisotopic (exact) mass is 304 g/mol. The molecule has 10 nitrogen and oxygen atoms in total. The van der Waals surface area contributed by atoms with Crippen LogP contribution in [-0.4, -0.2) is 83.9 Å². The van der Waals surface area contributed by atoms with Crippen LogP contribution in [0.3, 0.4) is 0 Å². The Morgan fingerprint density at radius 1 is 0.842 bits per heavy atom. The first-order valence-electron chi connectivity index (χ1n) is 4.44. The quantitative estimate of drug-likeness (QED) is 0.342. The Balaban J connectivity index is -0.000000256. The van der Waals surface area contributed by atoms with Gasteiger partial charge in [-0.3, -0.25) is 9.59 Å². The minimum atomic E-state index is -1.54. The first-order chi connectivity index (χ1) is 8.07. The average molecular weight is 304 g/mol. The molecule has 0 unspecified atom stereocenters. The Kier molecular flexibility index (Phi) is 14.8. The largest absolute Gasteiger partial charge is 2.00 e. The van der Waals surface area contributed by atoms with Gasteiger partial charge in [-0.1, -0.05) is 0 Å². The number of carbonyl (C=O) groups excluding carboxylic acids is 2. The van der Waals surface area contributed by atoms with Crippen molar-refractivity contribution in [3.05, 3.63) is 0 Å². The summed E-state index contributed by atoms with van der Waals surface area (Å²) in [5.41, 5.74) is 9.55. The SMILES string of the molecule is N[C@@H](CC(=O)O)C(=O)[O-].N[C@@H](CC(=O)O)C(=O)[O-].[Ca+2]. The molecular formula is C8H12CaN2O8. The van der Waals surface area contributed by atoms with E-state index in [1.165, 1.54) is 0 Å². The van der Waals surface area contributed by atoms with Gasteiger partial charge in [0.25, 0.3) is 0 Å². The van der Waals surface area contributed by atoms with Gasteiger partial charge >= 0.3 is 49.7 Å². The molecule has 0 fully saturated rings. The van der Waals surface area contributed by atoms with Gasteiger partial charge in [0, 0.05) is 0 Å². The molecule has 2 atom stereocenters. The third-order valence-electron chi connectivity index (χ3n) is 1.39. The van der Waals surface area contributed by atoms with Crippen LogP contribution in [0.5, 0.6) is 0 Å². The van der Waals surface area contributed by atoms with Crippen LogP contribution >= 0.6 is 0 Å². The number of rotatable bonds is 6. The van der Waals surface area contributed by atoms with Gasteiger partial charge in [-0.05, 0) is 0 Å². The Labute approximate surface area is 137 Å². The number of carbonyl (C=O) groups is 4. The molecule has 19 heavy (non-hydrogen) atoms. The van der Waals surface area contributed by atoms with Gasteiger partial charge in [0.2, 0.25) is 0 Å². The zero-order valence-corrected chi connectivity index (χ0v) is 12.0. The van der Waals surface area contributed by atoms with E-state index in [4.69, 9.17) is 21.7 Å². The molecule has 0 spiro atoms. The van der Waals surface area contributed by atoms with Crippen LogP contribution in [0, 0.1) is 0 Å². The molecule has 0 rings (SSSR count). The van der Waals surface area contributed by atoms with E-state index in [1.54, 1.807) is 0 Å². The number of aliphatic carboxylic acids is 4. The smallest absolute Gasteiger partial charge is 0.548 e. The fourth-order valence-electron chi connectivity index (χ4n) is 0.543. The van der Waals surface area contributed by atoms with Crippen molar-refractivity contribution in [2.45, 2.75) is 24.9 Å². The summed E-state index contributed by atoms with van der Waals surface area (Å²) in [6.45, 7) is 0. The maximum absolute atomic E-state index is 9.74. The summed E-state index contributed by atoms with van der Waals surface area (Å²) in [7, 11) is 0. The number of carboxylic acid groups (broad SMARTS) is 4. The van der Waals surface area contributed by atoms with Crippen molar-refractivity contribution >= 4 is 61.6 Å². The van der Waals surface area contributed by atoms with Gasteiger partial charge < -0.3 is 41.5 Å². The van der Waals surface area contributed by atoms with Crippen molar-refractivity contribution in [1.29, 1.82) is 0 Å². The summed E-state index contributed by atoms with van der Waals surface area (Å²) >= 11 is 0. The van der Waals surface area contributed by atoms with Crippen LogP contribution in [0.4, 0.5) is 0 Å². The standard InChI is InChI=1S/2C4H7NO4.Ca/c2*5-2(4(8)9)1-3(6)7;/h2*2H,1,5H2,(H,6,7)(H,8,9);/q;;+2/p-2/t2*2-;/m00./s1. The predicted molar refractivity (Wildman–Crippen MR) is 56.2 cm³/mol. The molecule has 0 bridgehead atoms. The number of nitrogens with two attached hydrogens (primary N) is 2. The molecule has 0 aromatic rings. The summed E-state index contributed by atoms with van der Waals surface area (Å²) in [5.74, 6) is -5.58. The molecule has 11 heteroatoms. The zero-order valence-electron chi connectivity index (χ0n) is 9.77. The summed E-state index contributed by atoms with van der Waals surface area (Å²) < 4.78 is 0. The summed E-state index contributed by atoms with van der Waals surface area (Å²) in [6.07, 6.45) is -1.19. The predicted octanol–water partition coefficient (Wildman–Crippen LogP) is -5.30. The van der Waals surface area contributed by atoms with Crippen molar-refractivity contribution in [2.75, 3.05) is 0 Å². The molecule has 0 heterocycles. The Hall–Kier alpha value is -0.940. The Bertz CT molecular complexity index is 303. The van der Waals surface area contributed by atoms with Crippen molar-refractivity contribution in [3.8, 4) is 0 Å². The normalized spacial score (nSPS) is 11.9. The fraction of sp³-hybridized carbons (Fsp3) is 0.500. The van der Waals surface area contributed by atoms with E-state index in [1.807, 2.05) is 0 Å². The molecule has 0 aliphatic carbocycles. The minimum absolute atomic E-state index is 0. The van der Waals surface area contributed by atoms with Crippen molar-refractivity contribution in [1.82, 2.24) is 0 Å². The maximum Gasteiger partial charge on any atom is 2.00 e. The maximum atomic E-state index is 9.74. The Morgan fingerprint density at radius 2 is 1.05 bits per heavy atom. The topological polar surface area (TPSA) is 207 Å². The van der Waals surface area contributed by atoms with E-state index >= 15 is 0 Å².